The van der Waals surface area contributed by atoms with E-state index in [1.807, 2.05) is 31.2 Å². The van der Waals surface area contributed by atoms with Crippen molar-refractivity contribution in [2.75, 3.05) is 5.32 Å². The zero-order valence-electron chi connectivity index (χ0n) is 8.03. The number of aliphatic carboxylic acids is 1. The quantitative estimate of drug-likeness (QED) is 0.711. The van der Waals surface area contributed by atoms with Crippen LogP contribution < -0.4 is 5.32 Å². The van der Waals surface area contributed by atoms with E-state index in [0.717, 1.165) is 12.1 Å². The number of hydrogen-bond acceptors (Lipinski definition) is 2. The lowest BCUT2D eigenvalue weighted by Crippen LogP contribution is -2.39. The Kier molecular flexibility index (Phi) is 2.15. The maximum absolute atomic E-state index is 10.9. The third-order valence-corrected chi connectivity index (χ3v) is 2.71. The van der Waals surface area contributed by atoms with Gasteiger partial charge in [-0.25, -0.2) is 4.79 Å². The predicted molar refractivity (Wildman–Crippen MR) is 54.4 cm³/mol. The van der Waals surface area contributed by atoms with Crippen LogP contribution in [-0.2, 0) is 11.2 Å². The fraction of sp³-hybridized carbons (Fsp3) is 0.364. The van der Waals surface area contributed by atoms with Crippen LogP contribution in [0.4, 0.5) is 5.69 Å². The highest BCUT2D eigenvalue weighted by atomic mass is 16.4. The molecule has 1 aromatic carbocycles. The first-order valence-electron chi connectivity index (χ1n) is 4.75. The molecule has 2 rings (SSSR count). The van der Waals surface area contributed by atoms with Gasteiger partial charge in [0, 0.05) is 5.69 Å². The van der Waals surface area contributed by atoms with Crippen LogP contribution in [0, 0.1) is 5.92 Å². The summed E-state index contributed by atoms with van der Waals surface area (Å²) in [6.45, 7) is 1.96. The number of anilines is 1. The molecule has 0 radical (unpaired) electrons. The summed E-state index contributed by atoms with van der Waals surface area (Å²) in [5, 5.41) is 12.0. The molecule has 0 unspecified atom stereocenters. The molecule has 3 heteroatoms. The Bertz CT molecular complexity index is 362. The van der Waals surface area contributed by atoms with E-state index in [2.05, 4.69) is 5.32 Å². The summed E-state index contributed by atoms with van der Waals surface area (Å²) in [6, 6.07) is 7.41. The van der Waals surface area contributed by atoms with E-state index in [1.165, 1.54) is 5.56 Å². The average Bonchev–Trinajstić information content (AvgIpc) is 2.16. The fourth-order valence-corrected chi connectivity index (χ4v) is 1.92. The number of carbonyl (C=O) groups is 1. The molecule has 1 aromatic rings. The van der Waals surface area contributed by atoms with Crippen molar-refractivity contribution in [3.8, 4) is 0 Å². The molecule has 0 saturated carbocycles. The molecule has 2 atom stereocenters. The summed E-state index contributed by atoms with van der Waals surface area (Å²) in [6.07, 6.45) is 0.833. The molecule has 0 amide bonds. The largest absolute Gasteiger partial charge is 0.480 e. The van der Waals surface area contributed by atoms with Gasteiger partial charge in [-0.2, -0.15) is 0 Å². The van der Waals surface area contributed by atoms with Crippen LogP contribution in [0.5, 0.6) is 0 Å². The maximum atomic E-state index is 10.9. The third kappa shape index (κ3) is 1.45. The molecule has 2 N–H and O–H groups in total. The Balaban J connectivity index is 2.31. The highest BCUT2D eigenvalue weighted by Gasteiger charge is 2.29. The summed E-state index contributed by atoms with van der Waals surface area (Å²) in [4.78, 5) is 10.9. The first kappa shape index (κ1) is 9.06. The number of benzene rings is 1. The number of hydrogen-bond donors (Lipinski definition) is 2. The van der Waals surface area contributed by atoms with E-state index < -0.39 is 12.0 Å². The molecule has 1 aliphatic rings. The highest BCUT2D eigenvalue weighted by molar-refractivity contribution is 5.79. The van der Waals surface area contributed by atoms with Crippen LogP contribution in [0.25, 0.3) is 0 Å². The first-order valence-corrected chi connectivity index (χ1v) is 4.75. The van der Waals surface area contributed by atoms with E-state index >= 15 is 0 Å². The number of para-hydroxylation sites is 1. The minimum Gasteiger partial charge on any atom is -0.480 e. The molecule has 74 valence electrons. The minimum atomic E-state index is -0.771. The molecular formula is C11H13NO2. The van der Waals surface area contributed by atoms with Crippen molar-refractivity contribution in [1.29, 1.82) is 0 Å². The molecule has 3 nitrogen and oxygen atoms in total. The average molecular weight is 191 g/mol. The van der Waals surface area contributed by atoms with Crippen LogP contribution in [0.1, 0.15) is 12.5 Å². The van der Waals surface area contributed by atoms with Gasteiger partial charge in [0.1, 0.15) is 6.04 Å². The van der Waals surface area contributed by atoms with E-state index in [-0.39, 0.29) is 5.92 Å². The van der Waals surface area contributed by atoms with Crippen molar-refractivity contribution in [1.82, 2.24) is 0 Å². The molecule has 0 saturated heterocycles. The Morgan fingerprint density at radius 3 is 2.93 bits per heavy atom. The molecule has 0 fully saturated rings. The third-order valence-electron chi connectivity index (χ3n) is 2.71. The second-order valence-electron chi connectivity index (χ2n) is 3.80. The van der Waals surface area contributed by atoms with Crippen LogP contribution >= 0.6 is 0 Å². The van der Waals surface area contributed by atoms with Crippen molar-refractivity contribution in [3.05, 3.63) is 29.8 Å². The van der Waals surface area contributed by atoms with Crippen molar-refractivity contribution < 1.29 is 9.90 Å². The molecule has 0 spiro atoms. The lowest BCUT2D eigenvalue weighted by molar-refractivity contribution is -0.139. The Labute approximate surface area is 82.8 Å². The van der Waals surface area contributed by atoms with Gasteiger partial charge in [0.25, 0.3) is 0 Å². The van der Waals surface area contributed by atoms with E-state index in [1.54, 1.807) is 0 Å². The Hall–Kier alpha value is -1.51. The van der Waals surface area contributed by atoms with Crippen molar-refractivity contribution in [3.63, 3.8) is 0 Å². The van der Waals surface area contributed by atoms with Gasteiger partial charge in [0.15, 0.2) is 0 Å². The van der Waals surface area contributed by atoms with Crippen molar-refractivity contribution in [2.45, 2.75) is 19.4 Å². The molecule has 1 heterocycles. The first-order chi connectivity index (χ1) is 6.68. The molecule has 1 aliphatic heterocycles. The van der Waals surface area contributed by atoms with Gasteiger partial charge in [-0.05, 0) is 24.0 Å². The number of carboxylic acid groups (broad SMARTS) is 1. The zero-order valence-corrected chi connectivity index (χ0v) is 8.03. The number of rotatable bonds is 1. The lowest BCUT2D eigenvalue weighted by Gasteiger charge is -2.29. The second kappa shape index (κ2) is 3.33. The number of nitrogens with one attached hydrogen (secondary N) is 1. The van der Waals surface area contributed by atoms with Gasteiger partial charge in [0.2, 0.25) is 0 Å². The number of carboxylic acids is 1. The molecule has 14 heavy (non-hydrogen) atoms. The standard InChI is InChI=1S/C11H13NO2/c1-7-6-8-4-2-3-5-9(8)12-10(7)11(13)14/h2-5,7,10,12H,6H2,1H3,(H,13,14)/t7-,10+/m0/s1. The van der Waals surface area contributed by atoms with Gasteiger partial charge in [-0.3, -0.25) is 0 Å². The topological polar surface area (TPSA) is 49.3 Å². The summed E-state index contributed by atoms with van der Waals surface area (Å²) in [5.74, 6) is -0.630. The van der Waals surface area contributed by atoms with Gasteiger partial charge < -0.3 is 10.4 Å². The fourth-order valence-electron chi connectivity index (χ4n) is 1.92. The molecule has 0 aliphatic carbocycles. The Morgan fingerprint density at radius 1 is 1.50 bits per heavy atom. The van der Waals surface area contributed by atoms with Crippen molar-refractivity contribution in [2.24, 2.45) is 5.92 Å². The van der Waals surface area contributed by atoms with Gasteiger partial charge >= 0.3 is 5.97 Å². The Morgan fingerprint density at radius 2 is 2.21 bits per heavy atom. The molecule has 0 aromatic heterocycles. The van der Waals surface area contributed by atoms with Crippen molar-refractivity contribution >= 4 is 11.7 Å². The SMILES string of the molecule is C[C@H]1Cc2ccccc2N[C@H]1C(=O)O. The van der Waals surface area contributed by atoms with Gasteiger partial charge in [0.05, 0.1) is 0 Å². The number of fused-ring (bicyclic) bond motifs is 1. The van der Waals surface area contributed by atoms with E-state index in [9.17, 15) is 4.79 Å². The highest BCUT2D eigenvalue weighted by Crippen LogP contribution is 2.27. The lowest BCUT2D eigenvalue weighted by atomic mass is 9.89. The second-order valence-corrected chi connectivity index (χ2v) is 3.80. The zero-order chi connectivity index (χ0) is 10.1. The van der Waals surface area contributed by atoms with Crippen LogP contribution in [-0.4, -0.2) is 17.1 Å². The summed E-state index contributed by atoms with van der Waals surface area (Å²) < 4.78 is 0. The summed E-state index contributed by atoms with van der Waals surface area (Å²) in [7, 11) is 0. The minimum absolute atomic E-state index is 0.141. The summed E-state index contributed by atoms with van der Waals surface area (Å²) >= 11 is 0. The maximum Gasteiger partial charge on any atom is 0.326 e. The summed E-state index contributed by atoms with van der Waals surface area (Å²) in [5.41, 5.74) is 2.16. The molecular weight excluding hydrogens is 178 g/mol. The van der Waals surface area contributed by atoms with Crippen LogP contribution in [0.2, 0.25) is 0 Å². The predicted octanol–water partition coefficient (Wildman–Crippen LogP) is 1.74. The van der Waals surface area contributed by atoms with E-state index in [0.29, 0.717) is 0 Å². The van der Waals surface area contributed by atoms with Crippen LogP contribution in [0.15, 0.2) is 24.3 Å². The van der Waals surface area contributed by atoms with E-state index in [4.69, 9.17) is 5.11 Å². The molecule has 0 bridgehead atoms. The monoisotopic (exact) mass is 191 g/mol. The van der Waals surface area contributed by atoms with Crippen LogP contribution in [0.3, 0.4) is 0 Å². The normalized spacial score (nSPS) is 24.9. The smallest absolute Gasteiger partial charge is 0.326 e. The van der Waals surface area contributed by atoms with Gasteiger partial charge in [-0.1, -0.05) is 25.1 Å². The van der Waals surface area contributed by atoms with Gasteiger partial charge in [-0.15, -0.1) is 0 Å².